The van der Waals surface area contributed by atoms with E-state index in [1.807, 2.05) is 60.9 Å². The monoisotopic (exact) mass is 764 g/mol. The second-order valence-electron chi connectivity index (χ2n) is 12.1. The standard InChI is InChI=1S/C24H20B.C18H19N5.C2H3N.ClH.Zn/c1-5-13-21(14-6-1)25(22-15-7-2-8-16-22,23-17-9-3-10-18-23)24-19-11-4-12-20-24;19-18-9-5-8-17(22-18)14-23(12-15-6-1-3-10-20-15)13-16-7-2-4-11-21-16;1-2-3;;/h1-20H;1-11H,12-14H2,(H2,19,22);1H3;1H;/q-1;;;;+2/p-1. The van der Waals surface area contributed by atoms with Gasteiger partial charge in [-0.15, -0.1) is 0 Å². The minimum atomic E-state index is -1.22. The van der Waals surface area contributed by atoms with Crippen LogP contribution in [0.5, 0.6) is 0 Å². The van der Waals surface area contributed by atoms with E-state index in [-0.39, 0.29) is 31.9 Å². The fourth-order valence-electron chi connectivity index (χ4n) is 6.55. The van der Waals surface area contributed by atoms with E-state index >= 15 is 0 Å². The number of halogens is 1. The van der Waals surface area contributed by atoms with Crippen molar-refractivity contribution < 1.29 is 31.9 Å². The molecule has 260 valence electrons. The van der Waals surface area contributed by atoms with Crippen LogP contribution in [0.3, 0.4) is 0 Å². The molecule has 0 saturated heterocycles. The van der Waals surface area contributed by atoms with Gasteiger partial charge in [0.15, 0.2) is 0 Å². The molecule has 0 bridgehead atoms. The largest absolute Gasteiger partial charge is 2.00 e. The third-order valence-corrected chi connectivity index (χ3v) is 8.64. The van der Waals surface area contributed by atoms with Crippen molar-refractivity contribution in [2.45, 2.75) is 26.6 Å². The molecule has 7 aromatic rings. The summed E-state index contributed by atoms with van der Waals surface area (Å²) in [4.78, 5) is 15.5. The molecular weight excluding hydrogens is 724 g/mol. The quantitative estimate of drug-likeness (QED) is 0.215. The number of anilines is 1. The third-order valence-electron chi connectivity index (χ3n) is 8.64. The molecule has 7 rings (SSSR count). The van der Waals surface area contributed by atoms with Crippen LogP contribution < -0.4 is 40.0 Å². The molecule has 3 heterocycles. The van der Waals surface area contributed by atoms with Gasteiger partial charge in [-0.25, -0.2) is 4.98 Å². The molecule has 0 aliphatic carbocycles. The van der Waals surface area contributed by atoms with E-state index in [0.717, 1.165) is 30.2 Å². The summed E-state index contributed by atoms with van der Waals surface area (Å²) in [7, 11) is 0. The van der Waals surface area contributed by atoms with Crippen LogP contribution in [-0.2, 0) is 39.1 Å². The van der Waals surface area contributed by atoms with Gasteiger partial charge in [0, 0.05) is 39.0 Å². The van der Waals surface area contributed by atoms with E-state index in [4.69, 9.17) is 11.0 Å². The van der Waals surface area contributed by atoms with Gasteiger partial charge >= 0.3 is 19.5 Å². The van der Waals surface area contributed by atoms with Crippen LogP contribution in [0.2, 0.25) is 0 Å². The molecule has 3 aromatic heterocycles. The number of nitrogens with zero attached hydrogens (tertiary/aromatic N) is 5. The summed E-state index contributed by atoms with van der Waals surface area (Å²) in [5.74, 6) is 0.540. The van der Waals surface area contributed by atoms with Crippen LogP contribution in [0.1, 0.15) is 24.0 Å². The van der Waals surface area contributed by atoms with Crippen LogP contribution in [0, 0.1) is 11.3 Å². The summed E-state index contributed by atoms with van der Waals surface area (Å²) in [6, 6.07) is 62.9. The zero-order chi connectivity index (χ0) is 35.6. The Kier molecular flexibility index (Phi) is 17.8. The number of pyridine rings is 3. The van der Waals surface area contributed by atoms with E-state index in [1.165, 1.54) is 28.8 Å². The molecule has 6 nitrogen and oxygen atoms in total. The van der Waals surface area contributed by atoms with Crippen molar-refractivity contribution in [2.75, 3.05) is 5.73 Å². The van der Waals surface area contributed by atoms with Crippen LogP contribution in [0.15, 0.2) is 188 Å². The first kappa shape index (κ1) is 42.0. The number of nitriles is 1. The van der Waals surface area contributed by atoms with E-state index in [9.17, 15) is 0 Å². The number of rotatable bonds is 10. The first-order valence-electron chi connectivity index (χ1n) is 17.1. The molecule has 0 amide bonds. The topological polar surface area (TPSA) is 91.7 Å². The molecule has 0 spiro atoms. The molecule has 0 unspecified atom stereocenters. The average molecular weight is 767 g/mol. The van der Waals surface area contributed by atoms with Gasteiger partial charge in [-0.3, -0.25) is 14.9 Å². The Morgan fingerprint density at radius 1 is 0.509 bits per heavy atom. The second-order valence-corrected chi connectivity index (χ2v) is 12.1. The Morgan fingerprint density at radius 2 is 0.830 bits per heavy atom. The Labute approximate surface area is 332 Å². The van der Waals surface area contributed by atoms with Crippen molar-refractivity contribution >= 4 is 33.8 Å². The smallest absolute Gasteiger partial charge is 1.00 e. The van der Waals surface area contributed by atoms with Crippen LogP contribution in [0.4, 0.5) is 5.82 Å². The van der Waals surface area contributed by atoms with Crippen molar-refractivity contribution in [2.24, 2.45) is 0 Å². The summed E-state index contributed by atoms with van der Waals surface area (Å²) >= 11 is 0. The molecule has 2 N–H and O–H groups in total. The number of benzene rings is 4. The number of hydrogen-bond acceptors (Lipinski definition) is 6. The van der Waals surface area contributed by atoms with Gasteiger partial charge in [-0.05, 0) is 36.4 Å². The summed E-state index contributed by atoms with van der Waals surface area (Å²) < 4.78 is 0. The van der Waals surface area contributed by atoms with Crippen LogP contribution in [0.25, 0.3) is 0 Å². The number of hydrogen-bond donors (Lipinski definition) is 1. The van der Waals surface area contributed by atoms with Gasteiger partial charge in [0.1, 0.15) is 12.0 Å². The molecule has 0 fully saturated rings. The van der Waals surface area contributed by atoms with E-state index < -0.39 is 6.15 Å². The number of aromatic nitrogens is 3. The van der Waals surface area contributed by atoms with Gasteiger partial charge in [-0.2, -0.15) is 27.1 Å². The minimum absolute atomic E-state index is 0. The predicted octanol–water partition coefficient (Wildman–Crippen LogP) is 3.25. The van der Waals surface area contributed by atoms with Crippen molar-refractivity contribution in [3.05, 3.63) is 205 Å². The molecular formula is C44H42BClN6Zn. The Hall–Kier alpha value is -5.44. The average Bonchev–Trinajstić information content (AvgIpc) is 3.18. The molecule has 9 heteroatoms. The zero-order valence-corrected chi connectivity index (χ0v) is 33.7. The van der Waals surface area contributed by atoms with Gasteiger partial charge in [-0.1, -0.05) is 140 Å². The number of nitrogens with two attached hydrogens (primary N) is 1. The molecule has 0 radical (unpaired) electrons. The molecule has 4 aromatic carbocycles. The summed E-state index contributed by atoms with van der Waals surface area (Å²) in [6.07, 6.45) is 2.41. The van der Waals surface area contributed by atoms with E-state index in [1.54, 1.807) is 12.1 Å². The van der Waals surface area contributed by atoms with Crippen molar-refractivity contribution in [1.29, 1.82) is 5.26 Å². The second kappa shape index (κ2) is 22.5. The maximum atomic E-state index is 7.32. The van der Waals surface area contributed by atoms with Gasteiger partial charge < -0.3 is 18.1 Å². The van der Waals surface area contributed by atoms with Crippen molar-refractivity contribution in [3.8, 4) is 6.07 Å². The normalized spacial score (nSPS) is 10.1. The number of nitrogen functional groups attached to an aromatic ring is 1. The van der Waals surface area contributed by atoms with Gasteiger partial charge in [0.25, 0.3) is 0 Å². The molecule has 0 aliphatic heterocycles. The Morgan fingerprint density at radius 3 is 1.15 bits per heavy atom. The molecule has 0 saturated carbocycles. The Balaban J connectivity index is 0.000000258. The molecule has 0 atom stereocenters. The van der Waals surface area contributed by atoms with Gasteiger partial charge in [0.2, 0.25) is 0 Å². The first-order chi connectivity index (χ1) is 25.1. The fourth-order valence-corrected chi connectivity index (χ4v) is 6.55. The predicted molar refractivity (Wildman–Crippen MR) is 211 cm³/mol. The van der Waals surface area contributed by atoms with Crippen molar-refractivity contribution in [3.63, 3.8) is 0 Å². The van der Waals surface area contributed by atoms with E-state index in [2.05, 4.69) is 141 Å². The summed E-state index contributed by atoms with van der Waals surface area (Å²) in [6.45, 7) is 3.58. The van der Waals surface area contributed by atoms with Gasteiger partial charge in [0.05, 0.1) is 23.2 Å². The SMILES string of the molecule is CC#N.Nc1cccc(CN(Cc2ccccn2)Cc2ccccn2)n1.[Cl-].[Zn+2].c1ccc([B-](c2ccccc2)(c2ccccc2)c2ccccc2)cc1. The third kappa shape index (κ3) is 11.8. The minimum Gasteiger partial charge on any atom is -1.00 e. The Bertz CT molecular complexity index is 1850. The van der Waals surface area contributed by atoms with Crippen LogP contribution in [-0.4, -0.2) is 26.0 Å². The zero-order valence-electron chi connectivity index (χ0n) is 30.0. The first-order valence-corrected chi connectivity index (χ1v) is 17.1. The molecule has 53 heavy (non-hydrogen) atoms. The maximum absolute atomic E-state index is 7.32. The maximum Gasteiger partial charge on any atom is 2.00 e. The van der Waals surface area contributed by atoms with Crippen LogP contribution >= 0.6 is 0 Å². The van der Waals surface area contributed by atoms with E-state index in [0.29, 0.717) is 12.4 Å². The fraction of sp³-hybridized carbons (Fsp3) is 0.0909. The summed E-state index contributed by atoms with van der Waals surface area (Å²) in [5.41, 5.74) is 14.1. The summed E-state index contributed by atoms with van der Waals surface area (Å²) in [5, 5.41) is 7.32. The molecule has 0 aliphatic rings. The van der Waals surface area contributed by atoms with Crippen molar-refractivity contribution in [1.82, 2.24) is 19.9 Å².